The van der Waals surface area contributed by atoms with E-state index >= 15 is 0 Å². The summed E-state index contributed by atoms with van der Waals surface area (Å²) in [5, 5.41) is 11.5. The van der Waals surface area contributed by atoms with E-state index in [9.17, 15) is 4.79 Å². The molecule has 0 spiro atoms. The molecular formula is C9H19NO3. The molecule has 78 valence electrons. The smallest absolute Gasteiger partial charge is 0.246 e. The molecule has 0 aromatic carbocycles. The Morgan fingerprint density at radius 2 is 2.08 bits per heavy atom. The van der Waals surface area contributed by atoms with E-state index in [2.05, 4.69) is 5.32 Å². The van der Waals surface area contributed by atoms with Gasteiger partial charge in [0.1, 0.15) is 6.61 Å². The van der Waals surface area contributed by atoms with Gasteiger partial charge >= 0.3 is 0 Å². The van der Waals surface area contributed by atoms with Crippen molar-refractivity contribution in [2.75, 3.05) is 13.2 Å². The normalized spacial score (nSPS) is 11.8. The lowest BCUT2D eigenvalue weighted by Gasteiger charge is -2.23. The summed E-state index contributed by atoms with van der Waals surface area (Å²) < 4.78 is 5.10. The van der Waals surface area contributed by atoms with Crippen molar-refractivity contribution >= 4 is 5.91 Å². The zero-order chi connectivity index (χ0) is 10.5. The predicted octanol–water partition coefficient (Wildman–Crippen LogP) is 0.299. The van der Waals surface area contributed by atoms with Crippen molar-refractivity contribution in [3.8, 4) is 0 Å². The second kappa shape index (κ2) is 5.19. The molecule has 0 fully saturated rings. The number of hydrogen-bond donors (Lipinski definition) is 2. The van der Waals surface area contributed by atoms with Crippen molar-refractivity contribution in [2.45, 2.75) is 39.3 Å². The molecule has 2 N–H and O–H groups in total. The highest BCUT2D eigenvalue weighted by Crippen LogP contribution is 1.99. The summed E-state index contributed by atoms with van der Waals surface area (Å²) >= 11 is 0. The summed E-state index contributed by atoms with van der Waals surface area (Å²) in [5.41, 5.74) is -0.572. The van der Waals surface area contributed by atoms with E-state index in [1.54, 1.807) is 13.8 Å². The van der Waals surface area contributed by atoms with Crippen LogP contribution in [0.2, 0.25) is 0 Å². The Kier molecular flexibility index (Phi) is 4.95. The second-order valence-electron chi connectivity index (χ2n) is 3.95. The molecule has 0 atom stereocenters. The van der Waals surface area contributed by atoms with Gasteiger partial charge in [-0.15, -0.1) is 0 Å². The van der Waals surface area contributed by atoms with Gasteiger partial charge in [0.25, 0.3) is 0 Å². The van der Waals surface area contributed by atoms with Crippen molar-refractivity contribution in [3.63, 3.8) is 0 Å². The first kappa shape index (κ1) is 12.4. The van der Waals surface area contributed by atoms with Crippen LogP contribution in [-0.2, 0) is 9.53 Å². The van der Waals surface area contributed by atoms with Crippen molar-refractivity contribution < 1.29 is 14.6 Å². The third kappa shape index (κ3) is 6.54. The quantitative estimate of drug-likeness (QED) is 0.654. The molecule has 0 saturated carbocycles. The summed E-state index contributed by atoms with van der Waals surface area (Å²) in [6.07, 6.45) is 0.0444. The van der Waals surface area contributed by atoms with Crippen LogP contribution in [0.3, 0.4) is 0 Å². The first-order chi connectivity index (χ1) is 5.87. The van der Waals surface area contributed by atoms with Gasteiger partial charge in [-0.1, -0.05) is 0 Å². The minimum absolute atomic E-state index is 0.0428. The van der Waals surface area contributed by atoms with E-state index in [4.69, 9.17) is 9.84 Å². The first-order valence-corrected chi connectivity index (χ1v) is 4.41. The Labute approximate surface area is 79.3 Å². The van der Waals surface area contributed by atoms with Gasteiger partial charge in [-0.25, -0.2) is 0 Å². The Morgan fingerprint density at radius 1 is 1.54 bits per heavy atom. The summed E-state index contributed by atoms with van der Waals surface area (Å²) in [6.45, 7) is 7.19. The number of carbonyl (C=O) groups excluding carboxylic acids is 1. The van der Waals surface area contributed by atoms with Gasteiger partial charge in [0.15, 0.2) is 0 Å². The summed E-state index contributed by atoms with van der Waals surface area (Å²) in [4.78, 5) is 11.2. The fraction of sp³-hybridized carbons (Fsp3) is 0.889. The lowest BCUT2D eigenvalue weighted by molar-refractivity contribution is -0.129. The van der Waals surface area contributed by atoms with Crippen LogP contribution in [0.4, 0.5) is 0 Å². The molecule has 1 amide bonds. The number of ether oxygens (including phenoxy) is 1. The molecule has 0 aliphatic rings. The summed E-state index contributed by atoms with van der Waals surface area (Å²) in [6, 6.07) is 0. The minimum atomic E-state index is -0.572. The van der Waals surface area contributed by atoms with E-state index in [0.29, 0.717) is 0 Å². The maximum absolute atomic E-state index is 11.2. The van der Waals surface area contributed by atoms with Gasteiger partial charge in [-0.2, -0.15) is 0 Å². The lowest BCUT2D eigenvalue weighted by atomic mass is 10.1. The van der Waals surface area contributed by atoms with Gasteiger partial charge in [-0.05, 0) is 27.7 Å². The van der Waals surface area contributed by atoms with Crippen LogP contribution in [0.15, 0.2) is 0 Å². The molecular weight excluding hydrogens is 170 g/mol. The van der Waals surface area contributed by atoms with Crippen LogP contribution >= 0.6 is 0 Å². The minimum Gasteiger partial charge on any atom is -0.394 e. The standard InChI is InChI=1S/C9H19NO3/c1-7(2)13-5-8(12)10-9(3,4)6-11/h7,11H,5-6H2,1-4H3,(H,10,12). The van der Waals surface area contributed by atoms with Crippen molar-refractivity contribution in [1.82, 2.24) is 5.32 Å². The number of carbonyl (C=O) groups is 1. The van der Waals surface area contributed by atoms with Gasteiger partial charge < -0.3 is 15.2 Å². The number of nitrogens with one attached hydrogen (secondary N) is 1. The predicted molar refractivity (Wildman–Crippen MR) is 50.4 cm³/mol. The average Bonchev–Trinajstić information content (AvgIpc) is 2.00. The van der Waals surface area contributed by atoms with Crippen LogP contribution in [0, 0.1) is 0 Å². The Hall–Kier alpha value is -0.610. The fourth-order valence-electron chi connectivity index (χ4n) is 0.695. The molecule has 0 aromatic heterocycles. The Balaban J connectivity index is 3.74. The maximum atomic E-state index is 11.2. The number of hydrogen-bond acceptors (Lipinski definition) is 3. The van der Waals surface area contributed by atoms with E-state index < -0.39 is 5.54 Å². The van der Waals surface area contributed by atoms with Gasteiger partial charge in [0.2, 0.25) is 5.91 Å². The third-order valence-corrected chi connectivity index (χ3v) is 1.42. The maximum Gasteiger partial charge on any atom is 0.246 e. The summed E-state index contributed by atoms with van der Waals surface area (Å²) in [7, 11) is 0. The largest absolute Gasteiger partial charge is 0.394 e. The van der Waals surface area contributed by atoms with Crippen LogP contribution in [0.1, 0.15) is 27.7 Å². The van der Waals surface area contributed by atoms with Crippen LogP contribution in [0.5, 0.6) is 0 Å². The van der Waals surface area contributed by atoms with Gasteiger partial charge in [-0.3, -0.25) is 4.79 Å². The van der Waals surface area contributed by atoms with Crippen molar-refractivity contribution in [2.24, 2.45) is 0 Å². The number of amides is 1. The molecule has 0 radical (unpaired) electrons. The molecule has 13 heavy (non-hydrogen) atoms. The molecule has 4 nitrogen and oxygen atoms in total. The molecule has 4 heteroatoms. The highest BCUT2D eigenvalue weighted by Gasteiger charge is 2.18. The number of aliphatic hydroxyl groups excluding tert-OH is 1. The van der Waals surface area contributed by atoms with Crippen LogP contribution in [0.25, 0.3) is 0 Å². The van der Waals surface area contributed by atoms with E-state index in [-0.39, 0.29) is 25.2 Å². The van der Waals surface area contributed by atoms with Gasteiger partial charge in [0, 0.05) is 0 Å². The lowest BCUT2D eigenvalue weighted by Crippen LogP contribution is -2.47. The Bertz CT molecular complexity index is 166. The van der Waals surface area contributed by atoms with Gasteiger partial charge in [0.05, 0.1) is 18.2 Å². The molecule has 0 aromatic rings. The van der Waals surface area contributed by atoms with Crippen molar-refractivity contribution in [1.29, 1.82) is 0 Å². The first-order valence-electron chi connectivity index (χ1n) is 4.41. The van der Waals surface area contributed by atoms with E-state index in [0.717, 1.165) is 0 Å². The summed E-state index contributed by atoms with van der Waals surface area (Å²) in [5.74, 6) is -0.201. The van der Waals surface area contributed by atoms with Crippen LogP contribution < -0.4 is 5.32 Å². The fourth-order valence-corrected chi connectivity index (χ4v) is 0.695. The monoisotopic (exact) mass is 189 g/mol. The zero-order valence-corrected chi connectivity index (χ0v) is 8.76. The molecule has 0 aliphatic heterocycles. The Morgan fingerprint density at radius 3 is 2.46 bits per heavy atom. The van der Waals surface area contributed by atoms with Crippen LogP contribution in [-0.4, -0.2) is 35.9 Å². The highest BCUT2D eigenvalue weighted by atomic mass is 16.5. The van der Waals surface area contributed by atoms with Crippen molar-refractivity contribution in [3.05, 3.63) is 0 Å². The molecule has 0 aliphatic carbocycles. The average molecular weight is 189 g/mol. The second-order valence-corrected chi connectivity index (χ2v) is 3.95. The molecule has 0 saturated heterocycles. The highest BCUT2D eigenvalue weighted by molar-refractivity contribution is 5.77. The third-order valence-electron chi connectivity index (χ3n) is 1.42. The SMILES string of the molecule is CC(C)OCC(=O)NC(C)(C)CO. The molecule has 0 bridgehead atoms. The molecule has 0 rings (SSSR count). The molecule has 0 heterocycles. The van der Waals surface area contributed by atoms with E-state index in [1.807, 2.05) is 13.8 Å². The number of aliphatic hydroxyl groups is 1. The molecule has 0 unspecified atom stereocenters. The number of rotatable bonds is 5. The van der Waals surface area contributed by atoms with E-state index in [1.165, 1.54) is 0 Å². The topological polar surface area (TPSA) is 58.6 Å². The zero-order valence-electron chi connectivity index (χ0n) is 8.76.